The van der Waals surface area contributed by atoms with Crippen molar-refractivity contribution >= 4 is 10.9 Å². The third-order valence-corrected chi connectivity index (χ3v) is 2.88. The molecule has 0 aliphatic rings. The van der Waals surface area contributed by atoms with E-state index >= 15 is 0 Å². The smallest absolute Gasteiger partial charge is 0.0919 e. The van der Waals surface area contributed by atoms with Gasteiger partial charge in [0.1, 0.15) is 0 Å². The van der Waals surface area contributed by atoms with Crippen LogP contribution in [0.3, 0.4) is 0 Å². The molecule has 0 atom stereocenters. The number of pyridine rings is 1. The Labute approximate surface area is 116 Å². The Hall–Kier alpha value is -2.88. The molecule has 2 N–H and O–H groups in total. The maximum atomic E-state index is 4.31. The molecule has 0 aliphatic carbocycles. The Morgan fingerprint density at radius 1 is 0.900 bits per heavy atom. The van der Waals surface area contributed by atoms with E-state index in [-0.39, 0.29) is 0 Å². The summed E-state index contributed by atoms with van der Waals surface area (Å²) in [7, 11) is 0. The number of hydrogen-bond donors (Lipinski definition) is 2. The first kappa shape index (κ1) is 12.2. The maximum Gasteiger partial charge on any atom is 0.0919 e. The first-order valence-electron chi connectivity index (χ1n) is 6.35. The average molecular weight is 262 g/mol. The standard InChI is InChI=1S/C13H10N2.C3H4N2/c1-2-6-11-10(5-1)9-13(15-11)12-7-3-4-8-14-12;1-2-5-3-4-1/h1-9,15H;1-3H,(H,4,5). The molecule has 4 aromatic rings. The summed E-state index contributed by atoms with van der Waals surface area (Å²) in [4.78, 5) is 14.1. The maximum absolute atomic E-state index is 4.31. The Kier molecular flexibility index (Phi) is 3.55. The zero-order valence-corrected chi connectivity index (χ0v) is 10.8. The monoisotopic (exact) mass is 262 g/mol. The third-order valence-electron chi connectivity index (χ3n) is 2.88. The summed E-state index contributed by atoms with van der Waals surface area (Å²) in [6.07, 6.45) is 6.89. The van der Waals surface area contributed by atoms with Gasteiger partial charge >= 0.3 is 0 Å². The summed E-state index contributed by atoms with van der Waals surface area (Å²) in [5.74, 6) is 0. The minimum atomic E-state index is 0.980. The fourth-order valence-corrected chi connectivity index (χ4v) is 1.95. The van der Waals surface area contributed by atoms with Crippen LogP contribution in [0.25, 0.3) is 22.3 Å². The van der Waals surface area contributed by atoms with E-state index in [0.717, 1.165) is 16.9 Å². The molecule has 0 radical (unpaired) electrons. The van der Waals surface area contributed by atoms with E-state index < -0.39 is 0 Å². The van der Waals surface area contributed by atoms with Crippen molar-refractivity contribution in [3.63, 3.8) is 0 Å². The number of para-hydroxylation sites is 1. The summed E-state index contributed by atoms with van der Waals surface area (Å²) >= 11 is 0. The van der Waals surface area contributed by atoms with Gasteiger partial charge in [0.15, 0.2) is 0 Å². The molecule has 0 fully saturated rings. The molecule has 0 spiro atoms. The van der Waals surface area contributed by atoms with Crippen molar-refractivity contribution in [2.75, 3.05) is 0 Å². The van der Waals surface area contributed by atoms with Gasteiger partial charge in [0.2, 0.25) is 0 Å². The predicted octanol–water partition coefficient (Wildman–Crippen LogP) is 3.64. The summed E-state index contributed by atoms with van der Waals surface area (Å²) in [6, 6.07) is 16.3. The lowest BCUT2D eigenvalue weighted by Gasteiger charge is -1.93. The van der Waals surface area contributed by atoms with Crippen LogP contribution in [-0.4, -0.2) is 19.9 Å². The van der Waals surface area contributed by atoms with Gasteiger partial charge in [0, 0.05) is 29.5 Å². The van der Waals surface area contributed by atoms with E-state index in [1.54, 1.807) is 24.9 Å². The first-order valence-corrected chi connectivity index (χ1v) is 6.35. The van der Waals surface area contributed by atoms with Crippen molar-refractivity contribution in [2.45, 2.75) is 0 Å². The van der Waals surface area contributed by atoms with E-state index in [1.165, 1.54) is 5.39 Å². The lowest BCUT2D eigenvalue weighted by molar-refractivity contribution is 1.29. The predicted molar refractivity (Wildman–Crippen MR) is 80.1 cm³/mol. The van der Waals surface area contributed by atoms with Crippen LogP contribution in [0.4, 0.5) is 0 Å². The Morgan fingerprint density at radius 2 is 1.80 bits per heavy atom. The number of fused-ring (bicyclic) bond motifs is 1. The van der Waals surface area contributed by atoms with E-state index in [9.17, 15) is 0 Å². The highest BCUT2D eigenvalue weighted by molar-refractivity contribution is 5.85. The molecule has 0 bridgehead atoms. The van der Waals surface area contributed by atoms with Crippen molar-refractivity contribution in [3.8, 4) is 11.4 Å². The highest BCUT2D eigenvalue weighted by Crippen LogP contribution is 2.21. The molecule has 0 saturated heterocycles. The fraction of sp³-hybridized carbons (Fsp3) is 0. The minimum absolute atomic E-state index is 0.980. The number of aromatic nitrogens is 4. The molecule has 20 heavy (non-hydrogen) atoms. The second-order valence-electron chi connectivity index (χ2n) is 4.25. The van der Waals surface area contributed by atoms with Crippen LogP contribution in [-0.2, 0) is 0 Å². The zero-order valence-electron chi connectivity index (χ0n) is 10.8. The summed E-state index contributed by atoms with van der Waals surface area (Å²) < 4.78 is 0. The zero-order chi connectivity index (χ0) is 13.6. The lowest BCUT2D eigenvalue weighted by atomic mass is 10.2. The van der Waals surface area contributed by atoms with Crippen molar-refractivity contribution < 1.29 is 0 Å². The largest absolute Gasteiger partial charge is 0.353 e. The topological polar surface area (TPSA) is 57.4 Å². The molecule has 4 heteroatoms. The van der Waals surface area contributed by atoms with Gasteiger partial charge in [-0.05, 0) is 24.3 Å². The highest BCUT2D eigenvalue weighted by atomic mass is 14.8. The molecule has 98 valence electrons. The second kappa shape index (κ2) is 5.84. The van der Waals surface area contributed by atoms with Gasteiger partial charge < -0.3 is 9.97 Å². The third kappa shape index (κ3) is 2.75. The van der Waals surface area contributed by atoms with E-state index in [1.807, 2.05) is 30.3 Å². The van der Waals surface area contributed by atoms with Gasteiger partial charge in [-0.25, -0.2) is 4.98 Å². The van der Waals surface area contributed by atoms with Gasteiger partial charge in [-0.15, -0.1) is 0 Å². The molecule has 1 aromatic carbocycles. The van der Waals surface area contributed by atoms with E-state index in [4.69, 9.17) is 0 Å². The van der Waals surface area contributed by atoms with Crippen molar-refractivity contribution in [1.82, 2.24) is 19.9 Å². The van der Waals surface area contributed by atoms with E-state index in [0.29, 0.717) is 0 Å². The molecule has 3 heterocycles. The van der Waals surface area contributed by atoms with Gasteiger partial charge in [0.25, 0.3) is 0 Å². The number of nitrogens with one attached hydrogen (secondary N) is 2. The molecule has 0 amide bonds. The molecular formula is C16H14N4. The van der Waals surface area contributed by atoms with Crippen LogP contribution in [0, 0.1) is 0 Å². The Balaban J connectivity index is 0.000000205. The van der Waals surface area contributed by atoms with Crippen LogP contribution in [0.15, 0.2) is 73.4 Å². The quantitative estimate of drug-likeness (QED) is 0.550. The Bertz CT molecular complexity index is 707. The van der Waals surface area contributed by atoms with Crippen LogP contribution in [0.2, 0.25) is 0 Å². The average Bonchev–Trinajstić information content (AvgIpc) is 3.20. The van der Waals surface area contributed by atoms with Crippen molar-refractivity contribution in [2.24, 2.45) is 0 Å². The summed E-state index contributed by atoms with van der Waals surface area (Å²) in [6.45, 7) is 0. The Morgan fingerprint density at radius 3 is 2.45 bits per heavy atom. The number of hydrogen-bond acceptors (Lipinski definition) is 2. The number of benzene rings is 1. The van der Waals surface area contributed by atoms with Gasteiger partial charge in [0.05, 0.1) is 17.7 Å². The second-order valence-corrected chi connectivity index (χ2v) is 4.25. The van der Waals surface area contributed by atoms with Crippen LogP contribution in [0.1, 0.15) is 0 Å². The molecule has 3 aromatic heterocycles. The molecule has 0 aliphatic heterocycles. The van der Waals surface area contributed by atoms with Crippen molar-refractivity contribution in [1.29, 1.82) is 0 Å². The molecule has 4 nitrogen and oxygen atoms in total. The number of rotatable bonds is 1. The molecular weight excluding hydrogens is 248 g/mol. The fourth-order valence-electron chi connectivity index (χ4n) is 1.95. The molecule has 0 saturated carbocycles. The summed E-state index contributed by atoms with van der Waals surface area (Å²) in [5.41, 5.74) is 3.20. The number of aromatic amines is 2. The van der Waals surface area contributed by atoms with E-state index in [2.05, 4.69) is 38.1 Å². The number of nitrogens with zero attached hydrogens (tertiary/aromatic N) is 2. The van der Waals surface area contributed by atoms with Gasteiger partial charge in [-0.1, -0.05) is 24.3 Å². The highest BCUT2D eigenvalue weighted by Gasteiger charge is 2.02. The van der Waals surface area contributed by atoms with Gasteiger partial charge in [-0.2, -0.15) is 0 Å². The van der Waals surface area contributed by atoms with Crippen LogP contribution < -0.4 is 0 Å². The minimum Gasteiger partial charge on any atom is -0.353 e. The molecule has 4 rings (SSSR count). The van der Waals surface area contributed by atoms with Gasteiger partial charge in [-0.3, -0.25) is 4.98 Å². The summed E-state index contributed by atoms with van der Waals surface area (Å²) in [5, 5.41) is 1.22. The first-order chi connectivity index (χ1) is 9.93. The normalized spacial score (nSPS) is 10.0. The SMILES string of the molecule is c1c[nH]cn1.c1ccc(-c2cc3ccccc3[nH]2)nc1. The molecule has 0 unspecified atom stereocenters. The number of imidazole rings is 1. The van der Waals surface area contributed by atoms with Crippen LogP contribution in [0.5, 0.6) is 0 Å². The number of H-pyrrole nitrogens is 2. The lowest BCUT2D eigenvalue weighted by Crippen LogP contribution is -1.80. The van der Waals surface area contributed by atoms with Crippen LogP contribution >= 0.6 is 0 Å². The van der Waals surface area contributed by atoms with Crippen molar-refractivity contribution in [3.05, 3.63) is 73.4 Å².